The molecule has 144 valence electrons. The van der Waals surface area contributed by atoms with E-state index in [1.807, 2.05) is 0 Å². The van der Waals surface area contributed by atoms with Gasteiger partial charge in [0.2, 0.25) is 5.91 Å². The third-order valence-electron chi connectivity index (χ3n) is 3.70. The Balaban J connectivity index is 0. The number of amides is 1. The van der Waals surface area contributed by atoms with Gasteiger partial charge in [0.25, 0.3) is 0 Å². The van der Waals surface area contributed by atoms with Crippen molar-refractivity contribution in [2.45, 2.75) is 64.0 Å². The molecule has 0 aliphatic heterocycles. The molecule has 0 bridgehead atoms. The van der Waals surface area contributed by atoms with E-state index in [4.69, 9.17) is 5.11 Å². The van der Waals surface area contributed by atoms with Crippen LogP contribution < -0.4 is 40.2 Å². The normalized spacial score (nSPS) is 13.8. The number of aliphatic hydroxyl groups is 2. The maximum Gasteiger partial charge on any atom is 1.00 e. The molecule has 1 amide bonds. The average molecular weight is 390 g/mol. The SMILES string of the molecule is CCCCCCCC(=O)NCCC(O)(CCS(=O)(=O)[O-])NCCO.[Na+]. The van der Waals surface area contributed by atoms with Crippen LogP contribution in [0.3, 0.4) is 0 Å². The number of hydrogen-bond acceptors (Lipinski definition) is 7. The Morgan fingerprint density at radius 3 is 2.32 bits per heavy atom. The molecule has 1 atom stereocenters. The van der Waals surface area contributed by atoms with Gasteiger partial charge < -0.3 is 20.1 Å². The van der Waals surface area contributed by atoms with Gasteiger partial charge in [0, 0.05) is 38.1 Å². The van der Waals surface area contributed by atoms with Crippen molar-refractivity contribution in [2.75, 3.05) is 25.4 Å². The second-order valence-electron chi connectivity index (χ2n) is 5.96. The minimum Gasteiger partial charge on any atom is -0.748 e. The number of rotatable bonds is 15. The predicted octanol–water partition coefficient (Wildman–Crippen LogP) is -2.94. The van der Waals surface area contributed by atoms with E-state index in [2.05, 4.69) is 17.6 Å². The van der Waals surface area contributed by atoms with Crippen LogP contribution in [-0.2, 0) is 14.9 Å². The van der Waals surface area contributed by atoms with Crippen LogP contribution in [0.2, 0.25) is 0 Å². The first-order valence-electron chi connectivity index (χ1n) is 8.51. The van der Waals surface area contributed by atoms with Crippen LogP contribution in [0.4, 0.5) is 0 Å². The van der Waals surface area contributed by atoms with Gasteiger partial charge in [-0.25, -0.2) is 8.42 Å². The topological polar surface area (TPSA) is 139 Å². The van der Waals surface area contributed by atoms with Gasteiger partial charge in [-0.1, -0.05) is 32.6 Å². The molecule has 0 aliphatic carbocycles. The number of aliphatic hydroxyl groups excluding tert-OH is 1. The van der Waals surface area contributed by atoms with Crippen LogP contribution in [0, 0.1) is 0 Å². The number of unbranched alkanes of at least 4 members (excludes halogenated alkanes) is 4. The molecule has 4 N–H and O–H groups in total. The van der Waals surface area contributed by atoms with E-state index >= 15 is 0 Å². The van der Waals surface area contributed by atoms with Crippen molar-refractivity contribution in [3.8, 4) is 0 Å². The Morgan fingerprint density at radius 2 is 1.76 bits per heavy atom. The second kappa shape index (κ2) is 15.3. The fourth-order valence-corrected chi connectivity index (χ4v) is 2.86. The van der Waals surface area contributed by atoms with Crippen LogP contribution in [0.25, 0.3) is 0 Å². The largest absolute Gasteiger partial charge is 1.00 e. The number of nitrogens with one attached hydrogen (secondary N) is 2. The molecule has 0 fully saturated rings. The zero-order valence-electron chi connectivity index (χ0n) is 15.4. The monoisotopic (exact) mass is 390 g/mol. The van der Waals surface area contributed by atoms with Gasteiger partial charge in [-0.2, -0.15) is 0 Å². The van der Waals surface area contributed by atoms with E-state index in [-0.39, 0.29) is 68.0 Å². The zero-order valence-corrected chi connectivity index (χ0v) is 18.2. The Morgan fingerprint density at radius 1 is 1.12 bits per heavy atom. The van der Waals surface area contributed by atoms with Gasteiger partial charge in [0.15, 0.2) is 0 Å². The molecule has 0 aromatic rings. The summed E-state index contributed by atoms with van der Waals surface area (Å²) < 4.78 is 32.1. The summed E-state index contributed by atoms with van der Waals surface area (Å²) in [6.07, 6.45) is 5.39. The minimum absolute atomic E-state index is 0. The van der Waals surface area contributed by atoms with Gasteiger partial charge in [0.05, 0.1) is 16.7 Å². The molecule has 0 spiro atoms. The average Bonchev–Trinajstić information content (AvgIpc) is 2.50. The summed E-state index contributed by atoms with van der Waals surface area (Å²) in [4.78, 5) is 11.7. The standard InChI is InChI=1S/C15H32N2O6S.Na/c1-2-3-4-5-6-7-14(19)16-10-8-15(20,17-11-12-18)9-13-24(21,22)23;/h17-18,20H,2-13H2,1H3,(H,16,19)(H,21,22,23);/q;+1/p-1. The van der Waals surface area contributed by atoms with Crippen LogP contribution >= 0.6 is 0 Å². The number of carbonyl (C=O) groups excluding carboxylic acids is 1. The van der Waals surface area contributed by atoms with Gasteiger partial charge in [-0.3, -0.25) is 10.1 Å². The molecule has 0 saturated carbocycles. The quantitative estimate of drug-likeness (QED) is 0.102. The molecular weight excluding hydrogens is 359 g/mol. The molecule has 10 heteroatoms. The molecule has 0 heterocycles. The molecule has 0 radical (unpaired) electrons. The third kappa shape index (κ3) is 17.4. The van der Waals surface area contributed by atoms with E-state index in [0.717, 1.165) is 32.1 Å². The van der Waals surface area contributed by atoms with Crippen LogP contribution in [0.5, 0.6) is 0 Å². The Labute approximate surface area is 173 Å². The van der Waals surface area contributed by atoms with Crippen LogP contribution in [0.15, 0.2) is 0 Å². The van der Waals surface area contributed by atoms with E-state index in [0.29, 0.717) is 6.42 Å². The molecule has 0 saturated heterocycles. The summed E-state index contributed by atoms with van der Waals surface area (Å²) in [7, 11) is -4.44. The maximum absolute atomic E-state index is 11.7. The third-order valence-corrected chi connectivity index (χ3v) is 4.40. The second-order valence-corrected chi connectivity index (χ2v) is 7.48. The number of hydrogen-bond donors (Lipinski definition) is 4. The van der Waals surface area contributed by atoms with Crippen molar-refractivity contribution < 1.29 is 57.5 Å². The summed E-state index contributed by atoms with van der Waals surface area (Å²) in [5.41, 5.74) is -1.62. The fraction of sp³-hybridized carbons (Fsp3) is 0.933. The molecule has 0 aromatic carbocycles. The van der Waals surface area contributed by atoms with Gasteiger partial charge in [0.1, 0.15) is 5.72 Å². The Bertz CT molecular complexity index is 449. The summed E-state index contributed by atoms with van der Waals surface area (Å²) in [6, 6.07) is 0. The molecule has 1 unspecified atom stereocenters. The predicted molar refractivity (Wildman–Crippen MR) is 90.2 cm³/mol. The molecule has 25 heavy (non-hydrogen) atoms. The van der Waals surface area contributed by atoms with Gasteiger partial charge >= 0.3 is 29.6 Å². The summed E-state index contributed by atoms with van der Waals surface area (Å²) in [6.45, 7) is 2.09. The molecular formula is C15H31N2NaO6S. The van der Waals surface area contributed by atoms with Crippen molar-refractivity contribution in [2.24, 2.45) is 0 Å². The van der Waals surface area contributed by atoms with Crippen molar-refractivity contribution >= 4 is 16.0 Å². The Hall–Kier alpha value is 0.260. The van der Waals surface area contributed by atoms with E-state index in [1.54, 1.807) is 0 Å². The summed E-state index contributed by atoms with van der Waals surface area (Å²) in [5.74, 6) is -0.833. The first-order valence-corrected chi connectivity index (χ1v) is 10.1. The van der Waals surface area contributed by atoms with Crippen molar-refractivity contribution in [3.05, 3.63) is 0 Å². The van der Waals surface area contributed by atoms with Crippen molar-refractivity contribution in [3.63, 3.8) is 0 Å². The first-order chi connectivity index (χ1) is 11.2. The van der Waals surface area contributed by atoms with E-state index in [1.165, 1.54) is 0 Å². The minimum atomic E-state index is -4.44. The van der Waals surface area contributed by atoms with E-state index < -0.39 is 21.6 Å². The molecule has 8 nitrogen and oxygen atoms in total. The summed E-state index contributed by atoms with van der Waals surface area (Å²) >= 11 is 0. The van der Waals surface area contributed by atoms with Gasteiger partial charge in [-0.15, -0.1) is 0 Å². The number of carbonyl (C=O) groups is 1. The fourth-order valence-electron chi connectivity index (χ4n) is 2.27. The van der Waals surface area contributed by atoms with Crippen molar-refractivity contribution in [1.82, 2.24) is 10.6 Å². The molecule has 0 aromatic heterocycles. The molecule has 0 rings (SSSR count). The summed E-state index contributed by atoms with van der Waals surface area (Å²) in [5, 5.41) is 24.4. The first kappa shape index (κ1) is 27.5. The smallest absolute Gasteiger partial charge is 0.748 e. The van der Waals surface area contributed by atoms with Crippen LogP contribution in [-0.4, -0.2) is 60.3 Å². The maximum atomic E-state index is 11.7. The zero-order chi connectivity index (χ0) is 18.5. The van der Waals surface area contributed by atoms with Crippen LogP contribution in [0.1, 0.15) is 58.3 Å². The Kier molecular flexibility index (Phi) is 16.9. The molecule has 0 aliphatic rings. The van der Waals surface area contributed by atoms with Crippen molar-refractivity contribution in [1.29, 1.82) is 0 Å². The van der Waals surface area contributed by atoms with E-state index in [9.17, 15) is 22.9 Å². The van der Waals surface area contributed by atoms with Gasteiger partial charge in [-0.05, 0) is 6.42 Å².